The lowest BCUT2D eigenvalue weighted by Gasteiger charge is -2.27. The summed E-state index contributed by atoms with van der Waals surface area (Å²) in [5.74, 6) is 0.667. The molecule has 0 aliphatic carbocycles. The van der Waals surface area contributed by atoms with E-state index in [1.165, 1.54) is 0 Å². The minimum atomic E-state index is -0.843. The van der Waals surface area contributed by atoms with Crippen LogP contribution in [0.15, 0.2) is 54.6 Å². The Bertz CT molecular complexity index is 1380. The number of aryl methyl sites for hydroxylation is 2. The van der Waals surface area contributed by atoms with Gasteiger partial charge in [-0.3, -0.25) is 14.5 Å². The summed E-state index contributed by atoms with van der Waals surface area (Å²) in [4.78, 5) is 27.6. The molecule has 0 saturated carbocycles. The van der Waals surface area contributed by atoms with Crippen molar-refractivity contribution in [2.75, 3.05) is 31.8 Å². The van der Waals surface area contributed by atoms with Crippen molar-refractivity contribution < 1.29 is 28.9 Å². The van der Waals surface area contributed by atoms with Gasteiger partial charge in [0.15, 0.2) is 11.5 Å². The number of likely N-dealkylation sites (tertiary alicyclic amines) is 1. The van der Waals surface area contributed by atoms with Gasteiger partial charge in [-0.1, -0.05) is 39.0 Å². The Kier molecular flexibility index (Phi) is 8.78. The molecule has 2 aliphatic rings. The van der Waals surface area contributed by atoms with Gasteiger partial charge in [-0.15, -0.1) is 0 Å². The summed E-state index contributed by atoms with van der Waals surface area (Å²) < 4.78 is 16.7. The molecule has 5 rings (SSSR count). The minimum absolute atomic E-state index is 0.110. The maximum atomic E-state index is 13.5. The van der Waals surface area contributed by atoms with E-state index >= 15 is 0 Å². The number of amides is 1. The van der Waals surface area contributed by atoms with Gasteiger partial charge in [0, 0.05) is 18.3 Å². The van der Waals surface area contributed by atoms with Gasteiger partial charge in [0.1, 0.15) is 5.75 Å². The number of aliphatic carboxylic acids is 1. The lowest BCUT2D eigenvalue weighted by Crippen LogP contribution is -2.35. The van der Waals surface area contributed by atoms with E-state index in [0.29, 0.717) is 19.6 Å². The van der Waals surface area contributed by atoms with E-state index in [0.717, 1.165) is 70.0 Å². The van der Waals surface area contributed by atoms with Crippen molar-refractivity contribution in [1.82, 2.24) is 4.90 Å². The van der Waals surface area contributed by atoms with Crippen molar-refractivity contribution >= 4 is 17.6 Å². The van der Waals surface area contributed by atoms with Gasteiger partial charge in [-0.25, -0.2) is 0 Å². The molecular formula is C33H38N2O6. The first kappa shape index (κ1) is 28.5. The quantitative estimate of drug-likeness (QED) is 0.294. The summed E-state index contributed by atoms with van der Waals surface area (Å²) in [5, 5.41) is 13.1. The molecule has 0 radical (unpaired) electrons. The molecule has 2 atom stereocenters. The molecule has 2 heterocycles. The molecule has 3 aromatic rings. The van der Waals surface area contributed by atoms with Crippen LogP contribution in [0.5, 0.6) is 17.2 Å². The van der Waals surface area contributed by atoms with Gasteiger partial charge in [-0.05, 0) is 89.9 Å². The molecule has 3 aromatic carbocycles. The monoisotopic (exact) mass is 558 g/mol. The molecule has 1 fully saturated rings. The molecule has 0 bridgehead atoms. The predicted molar refractivity (Wildman–Crippen MR) is 158 cm³/mol. The molecule has 2 N–H and O–H groups in total. The summed E-state index contributed by atoms with van der Waals surface area (Å²) in [6, 6.07) is 17.4. The number of hydrogen-bond donors (Lipinski definition) is 2. The predicted octanol–water partition coefficient (Wildman–Crippen LogP) is 6.08. The first-order valence-electron chi connectivity index (χ1n) is 14.5. The number of rotatable bonds is 11. The number of ether oxygens (including phenoxy) is 3. The second-order valence-corrected chi connectivity index (χ2v) is 10.6. The number of carboxylic acids is 1. The smallest absolute Gasteiger partial charge is 0.308 e. The number of carbonyl (C=O) groups excluding carboxylic acids is 1. The fourth-order valence-corrected chi connectivity index (χ4v) is 5.81. The summed E-state index contributed by atoms with van der Waals surface area (Å²) in [7, 11) is 0. The summed E-state index contributed by atoms with van der Waals surface area (Å²) in [6.07, 6.45) is 2.91. The zero-order chi connectivity index (χ0) is 28.9. The average molecular weight is 559 g/mol. The van der Waals surface area contributed by atoms with Crippen LogP contribution in [0.1, 0.15) is 56.3 Å². The largest absolute Gasteiger partial charge is 0.494 e. The number of fused-ring (bicyclic) bond motifs is 1. The second kappa shape index (κ2) is 12.6. The highest BCUT2D eigenvalue weighted by molar-refractivity contribution is 5.94. The Morgan fingerprint density at radius 1 is 0.951 bits per heavy atom. The third-order valence-corrected chi connectivity index (χ3v) is 7.89. The summed E-state index contributed by atoms with van der Waals surface area (Å²) >= 11 is 0. The van der Waals surface area contributed by atoms with Gasteiger partial charge < -0.3 is 24.6 Å². The Labute approximate surface area is 241 Å². The average Bonchev–Trinajstić information content (AvgIpc) is 3.63. The highest BCUT2D eigenvalue weighted by Gasteiger charge is 2.40. The number of benzene rings is 3. The van der Waals surface area contributed by atoms with Crippen LogP contribution in [-0.4, -0.2) is 48.4 Å². The van der Waals surface area contributed by atoms with E-state index in [1.807, 2.05) is 54.3 Å². The molecule has 0 spiro atoms. The maximum Gasteiger partial charge on any atom is 0.308 e. The van der Waals surface area contributed by atoms with E-state index in [-0.39, 0.29) is 25.3 Å². The molecule has 2 aliphatic heterocycles. The van der Waals surface area contributed by atoms with Crippen molar-refractivity contribution in [3.8, 4) is 28.4 Å². The Hall–Kier alpha value is -4.04. The Morgan fingerprint density at radius 3 is 2.32 bits per heavy atom. The number of carbonyl (C=O) groups is 2. The number of hydrogen-bond acceptors (Lipinski definition) is 6. The highest BCUT2D eigenvalue weighted by Crippen LogP contribution is 2.39. The van der Waals surface area contributed by atoms with Crippen molar-refractivity contribution in [3.63, 3.8) is 0 Å². The molecule has 0 aromatic heterocycles. The summed E-state index contributed by atoms with van der Waals surface area (Å²) in [6.45, 7) is 7.71. The maximum absolute atomic E-state index is 13.5. The molecule has 8 nitrogen and oxygen atoms in total. The van der Waals surface area contributed by atoms with Crippen LogP contribution < -0.4 is 19.5 Å². The Balaban J connectivity index is 1.35. The number of anilines is 1. The molecular weight excluding hydrogens is 520 g/mol. The van der Waals surface area contributed by atoms with E-state index in [9.17, 15) is 14.7 Å². The minimum Gasteiger partial charge on any atom is -0.494 e. The second-order valence-electron chi connectivity index (χ2n) is 10.6. The van der Waals surface area contributed by atoms with Crippen molar-refractivity contribution in [1.29, 1.82) is 0 Å². The third-order valence-electron chi connectivity index (χ3n) is 7.89. The van der Waals surface area contributed by atoms with Crippen molar-refractivity contribution in [3.05, 3.63) is 71.3 Å². The highest BCUT2D eigenvalue weighted by atomic mass is 16.7. The van der Waals surface area contributed by atoms with Gasteiger partial charge >= 0.3 is 5.97 Å². The lowest BCUT2D eigenvalue weighted by molar-refractivity contribution is -0.142. The van der Waals surface area contributed by atoms with Crippen LogP contribution in [0.3, 0.4) is 0 Å². The van der Waals surface area contributed by atoms with Crippen LogP contribution in [0, 0.1) is 5.92 Å². The number of carboxylic acid groups (broad SMARTS) is 1. The fraction of sp³-hybridized carbons (Fsp3) is 0.394. The molecule has 0 unspecified atom stereocenters. The van der Waals surface area contributed by atoms with Crippen molar-refractivity contribution in [2.45, 2.75) is 52.5 Å². The number of nitrogens with zero attached hydrogens (tertiary/aromatic N) is 1. The van der Waals surface area contributed by atoms with Crippen LogP contribution in [0.4, 0.5) is 5.69 Å². The van der Waals surface area contributed by atoms with Gasteiger partial charge in [-0.2, -0.15) is 0 Å². The molecule has 1 amide bonds. The van der Waals surface area contributed by atoms with Gasteiger partial charge in [0.2, 0.25) is 12.7 Å². The standard InChI is InChI=1S/C33H38N2O6/c1-4-15-39-26-10-7-23(8-11-26)32-27(33(37)38)13-14-35(32)19-30(36)34-31-21(5-2)16-25(17-22(31)6-3)24-9-12-28-29(18-24)41-20-40-28/h7-12,16-18,27,32H,4-6,13-15,19-20H2,1-3H3,(H,34,36)(H,37,38)/t27-,32+/m0/s1. The van der Waals surface area contributed by atoms with E-state index < -0.39 is 11.9 Å². The summed E-state index contributed by atoms with van der Waals surface area (Å²) in [5.41, 5.74) is 5.91. The van der Waals surface area contributed by atoms with E-state index in [4.69, 9.17) is 14.2 Å². The topological polar surface area (TPSA) is 97.3 Å². The Morgan fingerprint density at radius 2 is 1.66 bits per heavy atom. The van der Waals surface area contributed by atoms with E-state index in [2.05, 4.69) is 31.3 Å². The molecule has 216 valence electrons. The van der Waals surface area contributed by atoms with Crippen LogP contribution in [0.25, 0.3) is 11.1 Å². The first-order chi connectivity index (χ1) is 19.9. The van der Waals surface area contributed by atoms with Gasteiger partial charge in [0.05, 0.1) is 19.1 Å². The number of nitrogens with one attached hydrogen (secondary N) is 1. The van der Waals surface area contributed by atoms with Gasteiger partial charge in [0.25, 0.3) is 0 Å². The zero-order valence-corrected chi connectivity index (χ0v) is 23.9. The SMILES string of the molecule is CCCOc1ccc([C@@H]2[C@@H](C(=O)O)CCN2CC(=O)Nc2c(CC)cc(-c3ccc4c(c3)OCO4)cc2CC)cc1. The first-order valence-corrected chi connectivity index (χ1v) is 14.5. The lowest BCUT2D eigenvalue weighted by atomic mass is 9.93. The fourth-order valence-electron chi connectivity index (χ4n) is 5.81. The van der Waals surface area contributed by atoms with Crippen LogP contribution in [-0.2, 0) is 22.4 Å². The zero-order valence-electron chi connectivity index (χ0n) is 23.9. The van der Waals surface area contributed by atoms with Crippen LogP contribution >= 0.6 is 0 Å². The van der Waals surface area contributed by atoms with Crippen molar-refractivity contribution in [2.24, 2.45) is 5.92 Å². The normalized spacial score (nSPS) is 17.9. The third kappa shape index (κ3) is 6.17. The molecule has 41 heavy (non-hydrogen) atoms. The van der Waals surface area contributed by atoms with E-state index in [1.54, 1.807) is 0 Å². The molecule has 1 saturated heterocycles. The van der Waals surface area contributed by atoms with Crippen LogP contribution in [0.2, 0.25) is 0 Å². The molecule has 8 heteroatoms.